The van der Waals surface area contributed by atoms with E-state index in [0.29, 0.717) is 18.2 Å². The number of hydrogen-bond donors (Lipinski definition) is 2. The fourth-order valence-corrected chi connectivity index (χ4v) is 1.73. The van der Waals surface area contributed by atoms with E-state index in [2.05, 4.69) is 10.3 Å². The lowest BCUT2D eigenvalue weighted by atomic mass is 10.3. The molecule has 2 N–H and O–H groups in total. The number of aromatic nitrogens is 1. The Bertz CT molecular complexity index is 455. The van der Waals surface area contributed by atoms with E-state index in [1.807, 2.05) is 6.92 Å². The standard InChI is InChI=1S/C12H20N4O4/c1-4-13-11-5-9(16(18)19)6-12(14-11)15(2)7-10(17)8-20-3/h5-6,10,17H,4,7-8H2,1-3H3,(H,13,14). The highest BCUT2D eigenvalue weighted by atomic mass is 16.6. The van der Waals surface area contributed by atoms with Crippen LogP contribution in [0.4, 0.5) is 17.3 Å². The minimum absolute atomic E-state index is 0.0426. The normalized spacial score (nSPS) is 12.0. The van der Waals surface area contributed by atoms with Crippen molar-refractivity contribution in [2.24, 2.45) is 0 Å². The second-order valence-corrected chi connectivity index (χ2v) is 4.35. The summed E-state index contributed by atoms with van der Waals surface area (Å²) in [5, 5.41) is 23.6. The smallest absolute Gasteiger partial charge is 0.276 e. The number of ether oxygens (including phenoxy) is 1. The molecule has 0 saturated heterocycles. The lowest BCUT2D eigenvalue weighted by Gasteiger charge is -2.21. The Balaban J connectivity index is 2.94. The minimum atomic E-state index is -0.686. The molecule has 0 aromatic carbocycles. The monoisotopic (exact) mass is 284 g/mol. The van der Waals surface area contributed by atoms with Gasteiger partial charge in [-0.15, -0.1) is 0 Å². The maximum Gasteiger partial charge on any atom is 0.276 e. The number of aliphatic hydroxyl groups is 1. The van der Waals surface area contributed by atoms with Crippen LogP contribution < -0.4 is 10.2 Å². The van der Waals surface area contributed by atoms with Gasteiger partial charge in [0.2, 0.25) is 0 Å². The molecular formula is C12H20N4O4. The molecule has 0 aliphatic heterocycles. The molecule has 0 fully saturated rings. The van der Waals surface area contributed by atoms with Crippen molar-refractivity contribution in [2.45, 2.75) is 13.0 Å². The van der Waals surface area contributed by atoms with Crippen LogP contribution in [-0.4, -0.2) is 55.0 Å². The van der Waals surface area contributed by atoms with Crippen LogP contribution in [-0.2, 0) is 4.74 Å². The zero-order valence-corrected chi connectivity index (χ0v) is 11.9. The third kappa shape index (κ3) is 4.63. The van der Waals surface area contributed by atoms with Crippen LogP contribution in [0.2, 0.25) is 0 Å². The molecule has 1 unspecified atom stereocenters. The average Bonchev–Trinajstić information content (AvgIpc) is 2.38. The van der Waals surface area contributed by atoms with Gasteiger partial charge in [0.1, 0.15) is 11.6 Å². The molecule has 20 heavy (non-hydrogen) atoms. The zero-order chi connectivity index (χ0) is 15.1. The summed E-state index contributed by atoms with van der Waals surface area (Å²) < 4.78 is 4.85. The van der Waals surface area contributed by atoms with Crippen LogP contribution in [0.15, 0.2) is 12.1 Å². The highest BCUT2D eigenvalue weighted by Gasteiger charge is 2.15. The number of aliphatic hydroxyl groups excluding tert-OH is 1. The van der Waals surface area contributed by atoms with Crippen molar-refractivity contribution in [1.29, 1.82) is 0 Å². The van der Waals surface area contributed by atoms with Gasteiger partial charge in [-0.1, -0.05) is 0 Å². The zero-order valence-electron chi connectivity index (χ0n) is 11.9. The molecule has 1 aromatic rings. The Labute approximate surface area is 117 Å². The fraction of sp³-hybridized carbons (Fsp3) is 0.583. The summed E-state index contributed by atoms with van der Waals surface area (Å²) in [7, 11) is 3.21. The maximum absolute atomic E-state index is 10.9. The summed E-state index contributed by atoms with van der Waals surface area (Å²) in [6.07, 6.45) is -0.686. The van der Waals surface area contributed by atoms with E-state index in [0.717, 1.165) is 0 Å². The molecule has 0 aliphatic carbocycles. The first-order valence-electron chi connectivity index (χ1n) is 6.26. The lowest BCUT2D eigenvalue weighted by molar-refractivity contribution is -0.384. The van der Waals surface area contributed by atoms with Gasteiger partial charge in [-0.3, -0.25) is 10.1 Å². The van der Waals surface area contributed by atoms with E-state index in [1.165, 1.54) is 19.2 Å². The highest BCUT2D eigenvalue weighted by Crippen LogP contribution is 2.22. The first-order chi connectivity index (χ1) is 9.47. The molecule has 1 atom stereocenters. The minimum Gasteiger partial charge on any atom is -0.389 e. The van der Waals surface area contributed by atoms with Crippen molar-refractivity contribution < 1.29 is 14.8 Å². The summed E-state index contributed by atoms with van der Waals surface area (Å²) in [6, 6.07) is 2.76. The predicted molar refractivity (Wildman–Crippen MR) is 76.2 cm³/mol. The molecule has 8 heteroatoms. The molecule has 1 aromatic heterocycles. The molecule has 112 valence electrons. The maximum atomic E-state index is 10.9. The molecule has 1 rings (SSSR count). The number of nitrogens with one attached hydrogen (secondary N) is 1. The second kappa shape index (κ2) is 7.61. The van der Waals surface area contributed by atoms with Crippen LogP contribution in [0.3, 0.4) is 0 Å². The van der Waals surface area contributed by atoms with Crippen LogP contribution in [0.1, 0.15) is 6.92 Å². The molecular weight excluding hydrogens is 264 g/mol. The van der Waals surface area contributed by atoms with Gasteiger partial charge in [0.25, 0.3) is 5.69 Å². The van der Waals surface area contributed by atoms with Gasteiger partial charge >= 0.3 is 0 Å². The molecule has 0 bridgehead atoms. The molecule has 1 heterocycles. The fourth-order valence-electron chi connectivity index (χ4n) is 1.73. The number of rotatable bonds is 8. The largest absolute Gasteiger partial charge is 0.389 e. The number of nitrogens with zero attached hydrogens (tertiary/aromatic N) is 3. The van der Waals surface area contributed by atoms with Gasteiger partial charge in [-0.05, 0) is 6.92 Å². The van der Waals surface area contributed by atoms with Gasteiger partial charge < -0.3 is 20.1 Å². The Hall–Kier alpha value is -1.93. The Morgan fingerprint density at radius 2 is 2.30 bits per heavy atom. The summed E-state index contributed by atoms with van der Waals surface area (Å²) in [6.45, 7) is 2.96. The number of likely N-dealkylation sites (N-methyl/N-ethyl adjacent to an activating group) is 1. The van der Waals surface area contributed by atoms with Crippen LogP contribution >= 0.6 is 0 Å². The average molecular weight is 284 g/mol. The highest BCUT2D eigenvalue weighted by molar-refractivity contribution is 5.55. The van der Waals surface area contributed by atoms with Crippen LogP contribution in [0.5, 0.6) is 0 Å². The summed E-state index contributed by atoms with van der Waals surface area (Å²) in [5.74, 6) is 0.857. The first kappa shape index (κ1) is 16.1. The van der Waals surface area contributed by atoms with Crippen molar-refractivity contribution in [1.82, 2.24) is 4.98 Å². The van der Waals surface area contributed by atoms with E-state index in [9.17, 15) is 15.2 Å². The van der Waals surface area contributed by atoms with Gasteiger partial charge in [0, 0.05) is 27.2 Å². The molecule has 0 saturated carbocycles. The van der Waals surface area contributed by atoms with Crippen molar-refractivity contribution in [3.63, 3.8) is 0 Å². The summed E-state index contributed by atoms with van der Waals surface area (Å²) in [5.41, 5.74) is -0.0426. The van der Waals surface area contributed by atoms with Crippen molar-refractivity contribution in [3.8, 4) is 0 Å². The molecule has 0 aliphatic rings. The van der Waals surface area contributed by atoms with E-state index in [4.69, 9.17) is 4.74 Å². The summed E-state index contributed by atoms with van der Waals surface area (Å²) >= 11 is 0. The summed E-state index contributed by atoms with van der Waals surface area (Å²) in [4.78, 5) is 16.4. The van der Waals surface area contributed by atoms with Gasteiger partial charge in [0.05, 0.1) is 29.8 Å². The van der Waals surface area contributed by atoms with Gasteiger partial charge in [-0.2, -0.15) is 0 Å². The molecule has 8 nitrogen and oxygen atoms in total. The molecule has 0 radical (unpaired) electrons. The topological polar surface area (TPSA) is 101 Å². The predicted octanol–water partition coefficient (Wildman–Crippen LogP) is 0.865. The number of pyridine rings is 1. The molecule has 0 amide bonds. The van der Waals surface area contributed by atoms with E-state index in [1.54, 1.807) is 11.9 Å². The third-order valence-electron chi connectivity index (χ3n) is 2.60. The van der Waals surface area contributed by atoms with Crippen LogP contribution in [0.25, 0.3) is 0 Å². The van der Waals surface area contributed by atoms with Gasteiger partial charge in [0.15, 0.2) is 0 Å². The SMILES string of the molecule is CCNc1cc([N+](=O)[O-])cc(N(C)CC(O)COC)n1. The van der Waals surface area contributed by atoms with E-state index < -0.39 is 11.0 Å². The second-order valence-electron chi connectivity index (χ2n) is 4.35. The number of methoxy groups -OCH3 is 1. The number of anilines is 2. The van der Waals surface area contributed by atoms with Crippen molar-refractivity contribution >= 4 is 17.3 Å². The quantitative estimate of drug-likeness (QED) is 0.539. The Morgan fingerprint density at radius 1 is 1.60 bits per heavy atom. The number of hydrogen-bond acceptors (Lipinski definition) is 7. The third-order valence-corrected chi connectivity index (χ3v) is 2.60. The van der Waals surface area contributed by atoms with E-state index in [-0.39, 0.29) is 18.8 Å². The Kier molecular flexibility index (Phi) is 6.13. The number of nitro groups is 1. The van der Waals surface area contributed by atoms with Crippen molar-refractivity contribution in [2.75, 3.05) is 44.1 Å². The van der Waals surface area contributed by atoms with Gasteiger partial charge in [-0.25, -0.2) is 4.98 Å². The van der Waals surface area contributed by atoms with Crippen molar-refractivity contribution in [3.05, 3.63) is 22.2 Å². The van der Waals surface area contributed by atoms with Crippen LogP contribution in [0, 0.1) is 10.1 Å². The molecule has 0 spiro atoms. The first-order valence-corrected chi connectivity index (χ1v) is 6.26. The van der Waals surface area contributed by atoms with E-state index >= 15 is 0 Å². The Morgan fingerprint density at radius 3 is 2.85 bits per heavy atom. The lowest BCUT2D eigenvalue weighted by Crippen LogP contribution is -2.32.